The summed E-state index contributed by atoms with van der Waals surface area (Å²) in [6.07, 6.45) is 3.02. The van der Waals surface area contributed by atoms with Crippen molar-refractivity contribution in [3.8, 4) is 0 Å². The van der Waals surface area contributed by atoms with Gasteiger partial charge in [-0.15, -0.1) is 0 Å². The van der Waals surface area contributed by atoms with Crippen molar-refractivity contribution in [1.29, 1.82) is 0 Å². The minimum Gasteiger partial charge on any atom is -0.389 e. The Bertz CT molecular complexity index is 308. The van der Waals surface area contributed by atoms with Crippen molar-refractivity contribution in [2.45, 2.75) is 19.1 Å². The molecular weight excluding hydrogens is 232 g/mol. The van der Waals surface area contributed by atoms with Crippen LogP contribution < -0.4 is 5.32 Å². The van der Waals surface area contributed by atoms with Crippen LogP contribution in [0.3, 0.4) is 0 Å². The van der Waals surface area contributed by atoms with E-state index in [4.69, 9.17) is 9.47 Å². The molecule has 1 aromatic rings. The second-order valence-corrected chi connectivity index (χ2v) is 4.13. The average Bonchev–Trinajstić information content (AvgIpc) is 2.42. The molecule has 0 saturated heterocycles. The molecule has 5 heteroatoms. The number of nitrogens with zero attached hydrogens (tertiary/aromatic N) is 1. The molecule has 0 spiro atoms. The third-order valence-electron chi connectivity index (χ3n) is 2.61. The Balaban J connectivity index is 2.16. The summed E-state index contributed by atoms with van der Waals surface area (Å²) >= 11 is 0. The molecule has 0 radical (unpaired) electrons. The van der Waals surface area contributed by atoms with Crippen LogP contribution in [0.4, 0.5) is 0 Å². The van der Waals surface area contributed by atoms with E-state index >= 15 is 0 Å². The van der Waals surface area contributed by atoms with Crippen LogP contribution in [0.1, 0.15) is 18.5 Å². The lowest BCUT2D eigenvalue weighted by Crippen LogP contribution is -2.32. The van der Waals surface area contributed by atoms with Gasteiger partial charge in [0.1, 0.15) is 0 Å². The quantitative estimate of drug-likeness (QED) is 0.637. The summed E-state index contributed by atoms with van der Waals surface area (Å²) in [4.78, 5) is 3.97. The van der Waals surface area contributed by atoms with Crippen LogP contribution >= 0.6 is 0 Å². The van der Waals surface area contributed by atoms with E-state index in [1.165, 1.54) is 0 Å². The van der Waals surface area contributed by atoms with Gasteiger partial charge in [0.05, 0.1) is 25.9 Å². The minimum atomic E-state index is -0.508. The summed E-state index contributed by atoms with van der Waals surface area (Å²) < 4.78 is 10.1. The highest BCUT2D eigenvalue weighted by molar-refractivity contribution is 5.13. The standard InChI is InChI=1S/C13H22N2O3/c1-11(12-3-5-14-6-4-12)15-9-13(16)10-18-8-7-17-2/h3-6,11,13,15-16H,7-10H2,1-2H3/t11-,13?/m1/s1. The molecule has 5 nitrogen and oxygen atoms in total. The van der Waals surface area contributed by atoms with E-state index in [0.29, 0.717) is 26.4 Å². The molecule has 0 bridgehead atoms. The molecule has 0 amide bonds. The largest absolute Gasteiger partial charge is 0.389 e. The Morgan fingerprint density at radius 1 is 1.33 bits per heavy atom. The first-order valence-corrected chi connectivity index (χ1v) is 6.12. The highest BCUT2D eigenvalue weighted by Gasteiger charge is 2.08. The number of rotatable bonds is 9. The number of aromatic nitrogens is 1. The lowest BCUT2D eigenvalue weighted by molar-refractivity contribution is 0.0130. The summed E-state index contributed by atoms with van der Waals surface area (Å²) in [5.74, 6) is 0. The van der Waals surface area contributed by atoms with Gasteiger partial charge in [0.2, 0.25) is 0 Å². The Morgan fingerprint density at radius 3 is 2.72 bits per heavy atom. The Hall–Kier alpha value is -1.01. The summed E-state index contributed by atoms with van der Waals surface area (Å²) in [6, 6.07) is 4.10. The Labute approximate surface area is 108 Å². The van der Waals surface area contributed by atoms with Crippen LogP contribution in [0, 0.1) is 0 Å². The van der Waals surface area contributed by atoms with E-state index in [1.54, 1.807) is 19.5 Å². The summed E-state index contributed by atoms with van der Waals surface area (Å²) in [5, 5.41) is 13.0. The molecule has 0 aliphatic heterocycles. The van der Waals surface area contributed by atoms with Crippen LogP contribution in [0.15, 0.2) is 24.5 Å². The maximum absolute atomic E-state index is 9.70. The molecule has 18 heavy (non-hydrogen) atoms. The van der Waals surface area contributed by atoms with Gasteiger partial charge in [0.25, 0.3) is 0 Å². The molecule has 0 aliphatic carbocycles. The topological polar surface area (TPSA) is 63.6 Å². The van der Waals surface area contributed by atoms with E-state index in [2.05, 4.69) is 10.3 Å². The predicted molar refractivity (Wildman–Crippen MR) is 69.4 cm³/mol. The van der Waals surface area contributed by atoms with E-state index in [9.17, 15) is 5.11 Å². The first kappa shape index (κ1) is 15.0. The van der Waals surface area contributed by atoms with E-state index in [0.717, 1.165) is 5.56 Å². The van der Waals surface area contributed by atoms with Crippen LogP contribution in [-0.4, -0.2) is 49.7 Å². The van der Waals surface area contributed by atoms with Gasteiger partial charge in [0, 0.05) is 32.1 Å². The molecule has 1 heterocycles. The van der Waals surface area contributed by atoms with Gasteiger partial charge in [-0.05, 0) is 24.6 Å². The molecule has 102 valence electrons. The molecule has 0 aliphatic rings. The number of hydrogen-bond acceptors (Lipinski definition) is 5. The fourth-order valence-electron chi connectivity index (χ4n) is 1.50. The molecule has 0 saturated carbocycles. The van der Waals surface area contributed by atoms with Crippen LogP contribution in [0.5, 0.6) is 0 Å². The normalized spacial score (nSPS) is 14.4. The van der Waals surface area contributed by atoms with Gasteiger partial charge in [-0.1, -0.05) is 0 Å². The van der Waals surface area contributed by atoms with E-state index in [-0.39, 0.29) is 6.04 Å². The molecule has 2 atom stereocenters. The van der Waals surface area contributed by atoms with Crippen molar-refractivity contribution >= 4 is 0 Å². The first-order valence-electron chi connectivity index (χ1n) is 6.12. The van der Waals surface area contributed by atoms with Crippen LogP contribution in [-0.2, 0) is 9.47 Å². The van der Waals surface area contributed by atoms with E-state index < -0.39 is 6.10 Å². The van der Waals surface area contributed by atoms with Gasteiger partial charge >= 0.3 is 0 Å². The maximum atomic E-state index is 9.70. The fraction of sp³-hybridized carbons (Fsp3) is 0.615. The average molecular weight is 254 g/mol. The molecule has 1 unspecified atom stereocenters. The molecule has 0 aromatic carbocycles. The second kappa shape index (κ2) is 8.99. The number of aliphatic hydroxyl groups excluding tert-OH is 1. The smallest absolute Gasteiger partial charge is 0.0897 e. The molecule has 1 rings (SSSR count). The fourth-order valence-corrected chi connectivity index (χ4v) is 1.50. The molecular formula is C13H22N2O3. The van der Waals surface area contributed by atoms with Gasteiger partial charge in [-0.3, -0.25) is 4.98 Å². The number of nitrogens with one attached hydrogen (secondary N) is 1. The zero-order chi connectivity index (χ0) is 13.2. The zero-order valence-electron chi connectivity index (χ0n) is 11.0. The maximum Gasteiger partial charge on any atom is 0.0897 e. The summed E-state index contributed by atoms with van der Waals surface area (Å²) in [6.45, 7) is 3.92. The van der Waals surface area contributed by atoms with Crippen molar-refractivity contribution in [1.82, 2.24) is 10.3 Å². The molecule has 1 aromatic heterocycles. The summed E-state index contributed by atoms with van der Waals surface area (Å²) in [7, 11) is 1.62. The lowest BCUT2D eigenvalue weighted by Gasteiger charge is -2.17. The number of aliphatic hydroxyl groups is 1. The zero-order valence-corrected chi connectivity index (χ0v) is 11.0. The Kier molecular flexibility index (Phi) is 7.52. The number of hydrogen-bond donors (Lipinski definition) is 2. The van der Waals surface area contributed by atoms with Crippen molar-refractivity contribution < 1.29 is 14.6 Å². The van der Waals surface area contributed by atoms with Crippen molar-refractivity contribution in [2.24, 2.45) is 0 Å². The molecule has 2 N–H and O–H groups in total. The monoisotopic (exact) mass is 254 g/mol. The predicted octanol–water partition coefficient (Wildman–Crippen LogP) is 0.756. The SMILES string of the molecule is COCCOCC(O)CN[C@H](C)c1ccncc1. The van der Waals surface area contributed by atoms with Crippen molar-refractivity contribution in [3.05, 3.63) is 30.1 Å². The van der Waals surface area contributed by atoms with Crippen LogP contribution in [0.25, 0.3) is 0 Å². The van der Waals surface area contributed by atoms with Gasteiger partial charge in [-0.25, -0.2) is 0 Å². The van der Waals surface area contributed by atoms with Crippen molar-refractivity contribution in [2.75, 3.05) is 33.5 Å². The lowest BCUT2D eigenvalue weighted by atomic mass is 10.1. The third kappa shape index (κ3) is 6.07. The summed E-state index contributed by atoms with van der Waals surface area (Å²) in [5.41, 5.74) is 1.15. The number of pyridine rings is 1. The van der Waals surface area contributed by atoms with Gasteiger partial charge < -0.3 is 19.9 Å². The molecule has 0 fully saturated rings. The number of ether oxygens (including phenoxy) is 2. The van der Waals surface area contributed by atoms with Crippen LogP contribution in [0.2, 0.25) is 0 Å². The minimum absolute atomic E-state index is 0.182. The third-order valence-corrected chi connectivity index (χ3v) is 2.61. The number of methoxy groups -OCH3 is 1. The Morgan fingerprint density at radius 2 is 2.06 bits per heavy atom. The van der Waals surface area contributed by atoms with Crippen molar-refractivity contribution in [3.63, 3.8) is 0 Å². The highest BCUT2D eigenvalue weighted by atomic mass is 16.5. The van der Waals surface area contributed by atoms with Gasteiger partial charge in [0.15, 0.2) is 0 Å². The van der Waals surface area contributed by atoms with E-state index in [1.807, 2.05) is 19.1 Å². The van der Waals surface area contributed by atoms with Gasteiger partial charge in [-0.2, -0.15) is 0 Å². The first-order chi connectivity index (χ1) is 8.74. The highest BCUT2D eigenvalue weighted by Crippen LogP contribution is 2.09. The second-order valence-electron chi connectivity index (χ2n) is 4.13.